The van der Waals surface area contributed by atoms with Gasteiger partial charge in [-0.3, -0.25) is 9.59 Å². The van der Waals surface area contributed by atoms with Gasteiger partial charge in [0.25, 0.3) is 11.5 Å². The minimum Gasteiger partial charge on any atom is -0.496 e. The molecule has 1 aliphatic rings. The lowest BCUT2D eigenvalue weighted by molar-refractivity contribution is 0.0706. The number of rotatable bonds is 3. The average molecular weight is 425 g/mol. The number of carbonyl (C=O) groups excluding carboxylic acids is 1. The lowest BCUT2D eigenvalue weighted by Gasteiger charge is -2.31. The van der Waals surface area contributed by atoms with Crippen molar-refractivity contribution >= 4 is 11.6 Å². The smallest absolute Gasteiger partial charge is 0.259 e. The Balaban J connectivity index is 1.54. The molecule has 1 fully saturated rings. The number of aromatic nitrogens is 5. The molecule has 3 aromatic rings. The fourth-order valence-corrected chi connectivity index (χ4v) is 3.91. The number of ether oxygens (including phenoxy) is 1. The molecule has 1 aliphatic heterocycles. The van der Waals surface area contributed by atoms with Crippen molar-refractivity contribution in [1.82, 2.24) is 29.3 Å². The van der Waals surface area contributed by atoms with Crippen molar-refractivity contribution in [2.24, 2.45) is 7.05 Å². The second-order valence-electron chi connectivity index (χ2n) is 9.07. The van der Waals surface area contributed by atoms with Gasteiger partial charge in [0.05, 0.1) is 18.4 Å². The van der Waals surface area contributed by atoms with Crippen LogP contribution in [0.4, 0.5) is 0 Å². The van der Waals surface area contributed by atoms with E-state index in [1.807, 2.05) is 16.6 Å². The highest BCUT2D eigenvalue weighted by molar-refractivity contribution is 5.96. The number of methoxy groups -OCH3 is 1. The zero-order valence-corrected chi connectivity index (χ0v) is 18.6. The van der Waals surface area contributed by atoms with Crippen molar-refractivity contribution in [3.63, 3.8) is 0 Å². The Morgan fingerprint density at radius 2 is 1.87 bits per heavy atom. The minimum absolute atomic E-state index is 0.0691. The maximum absolute atomic E-state index is 13.1. The first kappa shape index (κ1) is 21.0. The topological polar surface area (TPSA) is 94.6 Å². The van der Waals surface area contributed by atoms with Crippen molar-refractivity contribution in [2.45, 2.75) is 44.9 Å². The van der Waals surface area contributed by atoms with Crippen LogP contribution in [0.3, 0.4) is 0 Å². The minimum atomic E-state index is -0.215. The van der Waals surface area contributed by atoms with Crippen molar-refractivity contribution < 1.29 is 9.53 Å². The summed E-state index contributed by atoms with van der Waals surface area (Å²) >= 11 is 0. The Labute approximate surface area is 180 Å². The van der Waals surface area contributed by atoms with Gasteiger partial charge in [0.2, 0.25) is 0 Å². The summed E-state index contributed by atoms with van der Waals surface area (Å²) in [5.74, 6) is 1.18. The van der Waals surface area contributed by atoms with Gasteiger partial charge in [-0.1, -0.05) is 20.8 Å². The van der Waals surface area contributed by atoms with E-state index in [1.165, 1.54) is 17.7 Å². The Morgan fingerprint density at radius 3 is 2.52 bits per heavy atom. The fourth-order valence-electron chi connectivity index (χ4n) is 3.91. The zero-order valence-electron chi connectivity index (χ0n) is 18.6. The molecule has 0 N–H and O–H groups in total. The highest BCUT2D eigenvalue weighted by Gasteiger charge is 2.29. The van der Waals surface area contributed by atoms with E-state index in [-0.39, 0.29) is 22.8 Å². The molecule has 4 rings (SSSR count). The van der Waals surface area contributed by atoms with Crippen LogP contribution in [-0.4, -0.2) is 55.4 Å². The Hall–Kier alpha value is -3.23. The summed E-state index contributed by atoms with van der Waals surface area (Å²) in [5, 5.41) is 13.5. The normalized spacial score (nSPS) is 15.5. The number of fused-ring (bicyclic) bond motifs is 1. The molecule has 0 radical (unpaired) electrons. The molecule has 0 aromatic carbocycles. The first-order valence-corrected chi connectivity index (χ1v) is 10.5. The number of carbonyl (C=O) groups is 1. The molecular weight excluding hydrogens is 396 g/mol. The maximum Gasteiger partial charge on any atom is 0.259 e. The second kappa shape index (κ2) is 7.79. The third kappa shape index (κ3) is 3.92. The first-order valence-electron chi connectivity index (χ1n) is 10.5. The molecule has 1 amide bonds. The van der Waals surface area contributed by atoms with E-state index in [9.17, 15) is 9.59 Å². The highest BCUT2D eigenvalue weighted by Crippen LogP contribution is 2.29. The second-order valence-corrected chi connectivity index (χ2v) is 9.07. The monoisotopic (exact) mass is 424 g/mol. The number of aryl methyl sites for hydroxylation is 1. The molecule has 1 saturated heterocycles. The summed E-state index contributed by atoms with van der Waals surface area (Å²) in [7, 11) is 3.09. The third-order valence-electron chi connectivity index (χ3n) is 5.84. The highest BCUT2D eigenvalue weighted by atomic mass is 16.5. The van der Waals surface area contributed by atoms with E-state index in [4.69, 9.17) is 9.84 Å². The molecule has 31 heavy (non-hydrogen) atoms. The zero-order chi connectivity index (χ0) is 22.3. The van der Waals surface area contributed by atoms with Crippen LogP contribution in [0, 0.1) is 0 Å². The number of amides is 1. The molecule has 9 nitrogen and oxygen atoms in total. The predicted octanol–water partition coefficient (Wildman–Crippen LogP) is 2.15. The SMILES string of the molecule is COc1cc(=O)n(C)cc1C(=O)N1CCC(c2nnc3ccc(C(C)(C)C)nn23)CC1. The Morgan fingerprint density at radius 1 is 1.16 bits per heavy atom. The summed E-state index contributed by atoms with van der Waals surface area (Å²) in [5.41, 5.74) is 1.83. The summed E-state index contributed by atoms with van der Waals surface area (Å²) in [4.78, 5) is 26.7. The molecule has 0 unspecified atom stereocenters. The molecule has 4 heterocycles. The van der Waals surface area contributed by atoms with E-state index < -0.39 is 0 Å². The predicted molar refractivity (Wildman–Crippen MR) is 116 cm³/mol. The average Bonchev–Trinajstić information content (AvgIpc) is 3.17. The third-order valence-corrected chi connectivity index (χ3v) is 5.84. The Kier molecular flexibility index (Phi) is 5.28. The van der Waals surface area contributed by atoms with Gasteiger partial charge in [0.1, 0.15) is 5.75 Å². The molecule has 9 heteroatoms. The molecule has 0 atom stereocenters. The summed E-state index contributed by atoms with van der Waals surface area (Å²) in [6.07, 6.45) is 3.07. The van der Waals surface area contributed by atoms with Gasteiger partial charge in [-0.2, -0.15) is 9.61 Å². The largest absolute Gasteiger partial charge is 0.496 e. The Bertz CT molecular complexity index is 1180. The van der Waals surface area contributed by atoms with Gasteiger partial charge in [-0.25, -0.2) is 0 Å². The summed E-state index contributed by atoms with van der Waals surface area (Å²) in [6, 6.07) is 5.30. The van der Waals surface area contributed by atoms with Gasteiger partial charge < -0.3 is 14.2 Å². The van der Waals surface area contributed by atoms with Crippen LogP contribution in [0.5, 0.6) is 5.75 Å². The van der Waals surface area contributed by atoms with Gasteiger partial charge >= 0.3 is 0 Å². The molecule has 0 bridgehead atoms. The molecule has 0 spiro atoms. The van der Waals surface area contributed by atoms with Gasteiger partial charge in [-0.05, 0) is 25.0 Å². The van der Waals surface area contributed by atoms with Crippen molar-refractivity contribution in [3.05, 3.63) is 51.8 Å². The lowest BCUT2D eigenvalue weighted by atomic mass is 9.92. The van der Waals surface area contributed by atoms with Gasteiger partial charge in [-0.15, -0.1) is 10.2 Å². The number of pyridine rings is 1. The van der Waals surface area contributed by atoms with Gasteiger partial charge in [0.15, 0.2) is 11.5 Å². The maximum atomic E-state index is 13.1. The van der Waals surface area contributed by atoms with Crippen LogP contribution in [0.1, 0.15) is 61.4 Å². The fraction of sp³-hybridized carbons (Fsp3) is 0.500. The molecule has 3 aromatic heterocycles. The molecular formula is C22H28N6O3. The van der Waals surface area contributed by atoms with Crippen LogP contribution in [0.2, 0.25) is 0 Å². The molecule has 0 saturated carbocycles. The first-order chi connectivity index (χ1) is 14.7. The number of hydrogen-bond acceptors (Lipinski definition) is 6. The van der Waals surface area contributed by atoms with Crippen LogP contribution in [-0.2, 0) is 12.5 Å². The quantitative estimate of drug-likeness (QED) is 0.639. The van der Waals surface area contributed by atoms with E-state index in [0.717, 1.165) is 30.0 Å². The van der Waals surface area contributed by atoms with E-state index in [0.29, 0.717) is 24.4 Å². The number of piperidine rings is 1. The van der Waals surface area contributed by atoms with Gasteiger partial charge in [0, 0.05) is 43.7 Å². The van der Waals surface area contributed by atoms with Crippen LogP contribution < -0.4 is 10.3 Å². The van der Waals surface area contributed by atoms with Crippen molar-refractivity contribution in [3.8, 4) is 5.75 Å². The van der Waals surface area contributed by atoms with Crippen molar-refractivity contribution in [1.29, 1.82) is 0 Å². The summed E-state index contributed by atoms with van der Waals surface area (Å²) in [6.45, 7) is 7.56. The lowest BCUT2D eigenvalue weighted by Crippen LogP contribution is -2.39. The molecule has 0 aliphatic carbocycles. The number of likely N-dealkylation sites (tertiary alicyclic amines) is 1. The van der Waals surface area contributed by atoms with Crippen LogP contribution in [0.15, 0.2) is 29.2 Å². The number of nitrogens with zero attached hydrogens (tertiary/aromatic N) is 6. The molecule has 164 valence electrons. The van der Waals surface area contributed by atoms with Crippen LogP contribution >= 0.6 is 0 Å². The standard InChI is InChI=1S/C22H28N6O3/c1-22(2,3)17-6-7-18-23-24-20(28(18)25-17)14-8-10-27(11-9-14)21(30)15-13-26(4)19(29)12-16(15)31-5/h6-7,12-14H,8-11H2,1-5H3. The van der Waals surface area contributed by atoms with E-state index in [2.05, 4.69) is 31.0 Å². The number of hydrogen-bond donors (Lipinski definition) is 0. The van der Waals surface area contributed by atoms with Crippen LogP contribution in [0.25, 0.3) is 5.65 Å². The van der Waals surface area contributed by atoms with E-state index in [1.54, 1.807) is 18.1 Å². The van der Waals surface area contributed by atoms with E-state index >= 15 is 0 Å². The summed E-state index contributed by atoms with van der Waals surface area (Å²) < 4.78 is 8.51. The van der Waals surface area contributed by atoms with Crippen molar-refractivity contribution in [2.75, 3.05) is 20.2 Å².